The first-order valence-electron chi connectivity index (χ1n) is 7.38. The van der Waals surface area contributed by atoms with Crippen LogP contribution in [0, 0.1) is 11.7 Å². The van der Waals surface area contributed by atoms with Gasteiger partial charge in [-0.15, -0.1) is 0 Å². The van der Waals surface area contributed by atoms with Gasteiger partial charge < -0.3 is 20.5 Å². The average molecular weight is 312 g/mol. The topological polar surface area (TPSA) is 70.6 Å². The van der Waals surface area contributed by atoms with Crippen molar-refractivity contribution in [1.29, 1.82) is 0 Å². The Labute approximate surface area is 130 Å². The molecule has 0 aliphatic heterocycles. The SMILES string of the molecule is COc1cc(C(C)NC(=O)NC(CO)CC(C)C)ccc1F. The molecule has 2 amide bonds. The number of halogens is 1. The number of methoxy groups -OCH3 is 1. The van der Waals surface area contributed by atoms with Crippen LogP contribution in [-0.4, -0.2) is 30.9 Å². The van der Waals surface area contributed by atoms with Crippen molar-refractivity contribution in [2.24, 2.45) is 5.92 Å². The number of nitrogens with one attached hydrogen (secondary N) is 2. The number of urea groups is 1. The van der Waals surface area contributed by atoms with Crippen LogP contribution >= 0.6 is 0 Å². The lowest BCUT2D eigenvalue weighted by atomic mass is 10.0. The Morgan fingerprint density at radius 3 is 2.55 bits per heavy atom. The van der Waals surface area contributed by atoms with Gasteiger partial charge in [-0.25, -0.2) is 9.18 Å². The third-order valence-electron chi connectivity index (χ3n) is 3.33. The van der Waals surface area contributed by atoms with Gasteiger partial charge in [0.15, 0.2) is 11.6 Å². The molecule has 0 bridgehead atoms. The molecule has 0 spiro atoms. The number of aliphatic hydroxyl groups is 1. The molecule has 0 aliphatic carbocycles. The van der Waals surface area contributed by atoms with Crippen molar-refractivity contribution in [3.63, 3.8) is 0 Å². The summed E-state index contributed by atoms with van der Waals surface area (Å²) in [4.78, 5) is 12.0. The summed E-state index contributed by atoms with van der Waals surface area (Å²) in [5.41, 5.74) is 0.734. The number of carbonyl (C=O) groups excluding carboxylic acids is 1. The van der Waals surface area contributed by atoms with E-state index in [-0.39, 0.29) is 30.5 Å². The number of hydrogen-bond donors (Lipinski definition) is 3. The zero-order valence-electron chi connectivity index (χ0n) is 13.5. The fourth-order valence-corrected chi connectivity index (χ4v) is 2.20. The van der Waals surface area contributed by atoms with Gasteiger partial charge in [-0.05, 0) is 37.0 Å². The van der Waals surface area contributed by atoms with Crippen LogP contribution in [0.5, 0.6) is 5.75 Å². The highest BCUT2D eigenvalue weighted by Gasteiger charge is 2.16. The molecule has 22 heavy (non-hydrogen) atoms. The molecule has 124 valence electrons. The van der Waals surface area contributed by atoms with E-state index in [2.05, 4.69) is 10.6 Å². The van der Waals surface area contributed by atoms with Crippen LogP contribution in [0.15, 0.2) is 18.2 Å². The molecule has 1 rings (SSSR count). The molecule has 3 N–H and O–H groups in total. The van der Waals surface area contributed by atoms with Crippen molar-refractivity contribution in [2.45, 2.75) is 39.3 Å². The average Bonchev–Trinajstić information content (AvgIpc) is 2.46. The van der Waals surface area contributed by atoms with Crippen LogP contribution < -0.4 is 15.4 Å². The van der Waals surface area contributed by atoms with Crippen molar-refractivity contribution in [3.8, 4) is 5.75 Å². The van der Waals surface area contributed by atoms with E-state index in [0.717, 1.165) is 5.56 Å². The normalized spacial score (nSPS) is 13.6. The van der Waals surface area contributed by atoms with E-state index in [1.54, 1.807) is 19.1 Å². The Kier molecular flexibility index (Phi) is 7.11. The predicted octanol–water partition coefficient (Wildman–Crippen LogP) is 2.60. The summed E-state index contributed by atoms with van der Waals surface area (Å²) >= 11 is 0. The molecule has 0 saturated carbocycles. The van der Waals surface area contributed by atoms with Gasteiger partial charge >= 0.3 is 6.03 Å². The van der Waals surface area contributed by atoms with Gasteiger partial charge in [0, 0.05) is 0 Å². The van der Waals surface area contributed by atoms with Gasteiger partial charge in [-0.1, -0.05) is 19.9 Å². The molecular weight excluding hydrogens is 287 g/mol. The highest BCUT2D eigenvalue weighted by atomic mass is 19.1. The molecule has 2 atom stereocenters. The van der Waals surface area contributed by atoms with Crippen molar-refractivity contribution in [1.82, 2.24) is 10.6 Å². The number of ether oxygens (including phenoxy) is 1. The second-order valence-electron chi connectivity index (χ2n) is 5.74. The summed E-state index contributed by atoms with van der Waals surface area (Å²) in [6.45, 7) is 5.73. The third-order valence-corrected chi connectivity index (χ3v) is 3.33. The number of carbonyl (C=O) groups is 1. The molecule has 2 unspecified atom stereocenters. The largest absolute Gasteiger partial charge is 0.494 e. The molecule has 0 saturated heterocycles. The third kappa shape index (κ3) is 5.52. The van der Waals surface area contributed by atoms with Gasteiger partial charge in [0.05, 0.1) is 25.8 Å². The maximum absolute atomic E-state index is 13.4. The lowest BCUT2D eigenvalue weighted by Crippen LogP contribution is -2.45. The molecule has 0 aromatic heterocycles. The minimum atomic E-state index is -0.444. The molecule has 0 fully saturated rings. The van der Waals surface area contributed by atoms with E-state index < -0.39 is 5.82 Å². The first kappa shape index (κ1) is 18.2. The zero-order chi connectivity index (χ0) is 16.7. The minimum absolute atomic E-state index is 0.107. The van der Waals surface area contributed by atoms with Crippen molar-refractivity contribution < 1.29 is 19.0 Å². The highest BCUT2D eigenvalue weighted by Crippen LogP contribution is 2.22. The van der Waals surface area contributed by atoms with Crippen LogP contribution in [-0.2, 0) is 0 Å². The Bertz CT molecular complexity index is 494. The Morgan fingerprint density at radius 2 is 2.00 bits per heavy atom. The standard InChI is InChI=1S/C16H25FN2O3/c1-10(2)7-13(9-20)19-16(21)18-11(3)12-5-6-14(17)15(8-12)22-4/h5-6,8,10-11,13,20H,7,9H2,1-4H3,(H2,18,19,21). The van der Waals surface area contributed by atoms with Gasteiger partial charge in [-0.3, -0.25) is 0 Å². The van der Waals surface area contributed by atoms with Crippen LogP contribution in [0.2, 0.25) is 0 Å². The van der Waals surface area contributed by atoms with Gasteiger partial charge in [0.2, 0.25) is 0 Å². The number of hydrogen-bond acceptors (Lipinski definition) is 3. The Morgan fingerprint density at radius 1 is 1.32 bits per heavy atom. The van der Waals surface area contributed by atoms with E-state index in [0.29, 0.717) is 12.3 Å². The fourth-order valence-electron chi connectivity index (χ4n) is 2.20. The summed E-state index contributed by atoms with van der Waals surface area (Å²) in [7, 11) is 1.39. The summed E-state index contributed by atoms with van der Waals surface area (Å²) in [6.07, 6.45) is 0.697. The maximum Gasteiger partial charge on any atom is 0.315 e. The lowest BCUT2D eigenvalue weighted by molar-refractivity contribution is 0.205. The number of rotatable bonds is 7. The van der Waals surface area contributed by atoms with Gasteiger partial charge in [0.25, 0.3) is 0 Å². The molecule has 6 heteroatoms. The first-order chi connectivity index (χ1) is 10.4. The van der Waals surface area contributed by atoms with Crippen LogP contribution in [0.3, 0.4) is 0 Å². The van der Waals surface area contributed by atoms with Gasteiger partial charge in [0.1, 0.15) is 0 Å². The molecular formula is C16H25FN2O3. The fraction of sp³-hybridized carbons (Fsp3) is 0.562. The van der Waals surface area contributed by atoms with Gasteiger partial charge in [-0.2, -0.15) is 0 Å². The first-order valence-corrected chi connectivity index (χ1v) is 7.38. The highest BCUT2D eigenvalue weighted by molar-refractivity contribution is 5.74. The van der Waals surface area contributed by atoms with Crippen LogP contribution in [0.1, 0.15) is 38.8 Å². The summed E-state index contributed by atoms with van der Waals surface area (Å²) in [5, 5.41) is 14.8. The molecule has 1 aromatic rings. The quantitative estimate of drug-likeness (QED) is 0.725. The molecule has 1 aromatic carbocycles. The van der Waals surface area contributed by atoms with E-state index >= 15 is 0 Å². The van der Waals surface area contributed by atoms with Crippen LogP contribution in [0.25, 0.3) is 0 Å². The Hall–Kier alpha value is -1.82. The lowest BCUT2D eigenvalue weighted by Gasteiger charge is -2.21. The monoisotopic (exact) mass is 312 g/mol. The van der Waals surface area contributed by atoms with Crippen molar-refractivity contribution in [3.05, 3.63) is 29.6 Å². The smallest absolute Gasteiger partial charge is 0.315 e. The summed E-state index contributed by atoms with van der Waals surface area (Å²) in [6, 6.07) is 3.50. The van der Waals surface area contributed by atoms with Crippen LogP contribution in [0.4, 0.5) is 9.18 Å². The van der Waals surface area contributed by atoms with E-state index in [1.807, 2.05) is 13.8 Å². The van der Waals surface area contributed by atoms with E-state index in [4.69, 9.17) is 4.74 Å². The number of amides is 2. The number of benzene rings is 1. The van der Waals surface area contributed by atoms with Crippen molar-refractivity contribution >= 4 is 6.03 Å². The molecule has 0 radical (unpaired) electrons. The summed E-state index contributed by atoms with van der Waals surface area (Å²) < 4.78 is 18.3. The molecule has 0 heterocycles. The molecule has 0 aliphatic rings. The van der Waals surface area contributed by atoms with E-state index in [1.165, 1.54) is 13.2 Å². The summed E-state index contributed by atoms with van der Waals surface area (Å²) in [5.74, 6) is 0.0658. The van der Waals surface area contributed by atoms with Crippen molar-refractivity contribution in [2.75, 3.05) is 13.7 Å². The Balaban J connectivity index is 2.63. The zero-order valence-corrected chi connectivity index (χ0v) is 13.5. The second kappa shape index (κ2) is 8.58. The second-order valence-corrected chi connectivity index (χ2v) is 5.74. The molecule has 5 nitrogen and oxygen atoms in total. The minimum Gasteiger partial charge on any atom is -0.494 e. The predicted molar refractivity (Wildman–Crippen MR) is 83.4 cm³/mol. The maximum atomic E-state index is 13.4. The number of aliphatic hydroxyl groups excluding tert-OH is 1. The van der Waals surface area contributed by atoms with E-state index in [9.17, 15) is 14.3 Å².